The summed E-state index contributed by atoms with van der Waals surface area (Å²) >= 11 is 0. The number of carbonyl (C=O) groups excluding carboxylic acids is 6. The summed E-state index contributed by atoms with van der Waals surface area (Å²) in [5.41, 5.74) is -2.81. The zero-order valence-corrected chi connectivity index (χ0v) is 39.1. The van der Waals surface area contributed by atoms with Crippen molar-refractivity contribution in [2.24, 2.45) is 29.1 Å². The lowest BCUT2D eigenvalue weighted by atomic mass is 9.78. The molecule has 0 saturated carbocycles. The fourth-order valence-electron chi connectivity index (χ4n) is 7.99. The number of ether oxygens (including phenoxy) is 6. The molecule has 4 N–H and O–H groups in total. The van der Waals surface area contributed by atoms with Gasteiger partial charge in [0, 0.05) is 61.5 Å². The van der Waals surface area contributed by atoms with Gasteiger partial charge in [-0.25, -0.2) is 0 Å². The molecule has 2 aromatic rings. The van der Waals surface area contributed by atoms with E-state index in [-0.39, 0.29) is 28.2 Å². The van der Waals surface area contributed by atoms with Crippen LogP contribution in [0.15, 0.2) is 71.8 Å². The third-order valence-electron chi connectivity index (χ3n) is 12.1. The van der Waals surface area contributed by atoms with Gasteiger partial charge in [-0.3, -0.25) is 28.8 Å². The number of hydrogen-bond acceptors (Lipinski definition) is 15. The van der Waals surface area contributed by atoms with E-state index in [1.807, 2.05) is 0 Å². The van der Waals surface area contributed by atoms with Gasteiger partial charge in [-0.15, -0.1) is 0 Å². The predicted molar refractivity (Wildman–Crippen MR) is 238 cm³/mol. The minimum absolute atomic E-state index is 0.0248. The van der Waals surface area contributed by atoms with E-state index in [4.69, 9.17) is 28.4 Å². The Labute approximate surface area is 379 Å². The predicted octanol–water partition coefficient (Wildman–Crippen LogP) is 6.32. The third-order valence-corrected chi connectivity index (χ3v) is 12.1. The van der Waals surface area contributed by atoms with E-state index < -0.39 is 117 Å². The SMILES string of the molecule is COc1ccc(NC2=C3NC(=O)/C(C)=C\C=C\C(C)C(O)C(C)C(O)C(C)C(OC(C)=O)C(C)C(OC)/C=C/OC4(C)Oc5c(C)c(OC(=O)C(C)(C)C)c(c(c5C4=O)C2=O)C3=O)cc1. The number of esters is 2. The molecule has 1 aliphatic carbocycles. The minimum Gasteiger partial charge on any atom is -0.497 e. The largest absolute Gasteiger partial charge is 0.497 e. The summed E-state index contributed by atoms with van der Waals surface area (Å²) in [6, 6.07) is 6.37. The number of aliphatic hydroxyl groups excluding tert-OH is 2. The molecule has 0 saturated heterocycles. The Kier molecular flexibility index (Phi) is 15.0. The molecule has 5 bridgehead atoms. The minimum atomic E-state index is -2.17. The van der Waals surface area contributed by atoms with Crippen LogP contribution in [0.2, 0.25) is 0 Å². The summed E-state index contributed by atoms with van der Waals surface area (Å²) in [6.07, 6.45) is 3.19. The van der Waals surface area contributed by atoms with Gasteiger partial charge in [-0.1, -0.05) is 45.9 Å². The van der Waals surface area contributed by atoms with Crippen molar-refractivity contribution >= 4 is 40.9 Å². The second-order valence-electron chi connectivity index (χ2n) is 18.0. The maximum absolute atomic E-state index is 15.1. The van der Waals surface area contributed by atoms with Crippen molar-refractivity contribution in [2.75, 3.05) is 19.5 Å². The van der Waals surface area contributed by atoms with Crippen LogP contribution < -0.4 is 24.8 Å². The lowest BCUT2D eigenvalue weighted by Gasteiger charge is -2.38. The number of rotatable bonds is 6. The van der Waals surface area contributed by atoms with E-state index in [1.54, 1.807) is 84.9 Å². The molecule has 4 aliphatic rings. The van der Waals surface area contributed by atoms with Crippen molar-refractivity contribution in [1.82, 2.24) is 5.32 Å². The first kappa shape index (κ1) is 49.9. The maximum Gasteiger partial charge on any atom is 0.316 e. The van der Waals surface area contributed by atoms with E-state index in [1.165, 1.54) is 54.1 Å². The monoisotopic (exact) mass is 900 g/mol. The van der Waals surface area contributed by atoms with E-state index in [0.29, 0.717) is 11.4 Å². The van der Waals surface area contributed by atoms with E-state index in [2.05, 4.69) is 10.6 Å². The van der Waals surface area contributed by atoms with Crippen LogP contribution in [0.4, 0.5) is 5.69 Å². The van der Waals surface area contributed by atoms with Crippen LogP contribution in [0.1, 0.15) is 106 Å². The van der Waals surface area contributed by atoms with Crippen molar-refractivity contribution in [3.63, 3.8) is 0 Å². The lowest BCUT2D eigenvalue weighted by Crippen LogP contribution is -2.46. The molecule has 350 valence electrons. The van der Waals surface area contributed by atoms with Crippen LogP contribution in [-0.2, 0) is 28.6 Å². The molecule has 0 aromatic heterocycles. The number of Topliss-reactive ketones (excluding diaryl/α,β-unsaturated/α-hetero) is 3. The molecule has 65 heavy (non-hydrogen) atoms. The number of allylic oxidation sites excluding steroid dienone is 4. The average Bonchev–Trinajstić information content (AvgIpc) is 3.52. The summed E-state index contributed by atoms with van der Waals surface area (Å²) in [4.78, 5) is 84.9. The maximum atomic E-state index is 15.1. The van der Waals surface area contributed by atoms with Gasteiger partial charge < -0.3 is 49.3 Å². The summed E-state index contributed by atoms with van der Waals surface area (Å²) in [6.45, 7) is 17.1. The van der Waals surface area contributed by atoms with Crippen molar-refractivity contribution in [3.8, 4) is 17.2 Å². The van der Waals surface area contributed by atoms with Gasteiger partial charge in [0.1, 0.15) is 34.7 Å². The van der Waals surface area contributed by atoms with E-state index >= 15 is 9.59 Å². The normalized spacial score (nSPS) is 29.4. The molecule has 2 aromatic carbocycles. The fourth-order valence-corrected chi connectivity index (χ4v) is 7.99. The molecule has 0 spiro atoms. The first-order chi connectivity index (χ1) is 30.4. The molecule has 0 fully saturated rings. The van der Waals surface area contributed by atoms with Crippen molar-refractivity contribution in [2.45, 2.75) is 106 Å². The third kappa shape index (κ3) is 10.1. The number of aliphatic hydroxyl groups is 2. The highest BCUT2D eigenvalue weighted by atomic mass is 16.7. The number of fused-ring (bicyclic) bond motifs is 14. The van der Waals surface area contributed by atoms with Crippen molar-refractivity contribution in [3.05, 3.63) is 94.1 Å². The fraction of sp³-hybridized carbons (Fsp3) is 0.469. The van der Waals surface area contributed by atoms with Crippen molar-refractivity contribution in [1.29, 1.82) is 0 Å². The molecule has 0 radical (unpaired) electrons. The highest BCUT2D eigenvalue weighted by Crippen LogP contribution is 2.49. The van der Waals surface area contributed by atoms with E-state index in [9.17, 15) is 29.4 Å². The van der Waals surface area contributed by atoms with Gasteiger partial charge in [-0.2, -0.15) is 0 Å². The summed E-state index contributed by atoms with van der Waals surface area (Å²) in [5, 5.41) is 28.6. The Hall–Kier alpha value is -6.10. The lowest BCUT2D eigenvalue weighted by molar-refractivity contribution is -0.160. The molecule has 6 rings (SSSR count). The Balaban J connectivity index is 1.76. The quantitative estimate of drug-likeness (QED) is 0.184. The highest BCUT2D eigenvalue weighted by molar-refractivity contribution is 6.33. The molecular weight excluding hydrogens is 841 g/mol. The smallest absolute Gasteiger partial charge is 0.316 e. The highest BCUT2D eigenvalue weighted by Gasteiger charge is 2.53. The molecule has 16 nitrogen and oxygen atoms in total. The van der Waals surface area contributed by atoms with E-state index in [0.717, 1.165) is 6.26 Å². The average molecular weight is 901 g/mol. The van der Waals surface area contributed by atoms with Crippen LogP contribution in [0.25, 0.3) is 0 Å². The number of hydrogen-bond donors (Lipinski definition) is 4. The van der Waals surface area contributed by atoms with Gasteiger partial charge in [0.15, 0.2) is 0 Å². The number of benzene rings is 2. The Morgan fingerprint density at radius 3 is 2.09 bits per heavy atom. The number of anilines is 1. The van der Waals surface area contributed by atoms with Crippen LogP contribution in [0, 0.1) is 36.0 Å². The molecule has 1 amide bonds. The molecule has 3 heterocycles. The molecule has 3 aliphatic heterocycles. The molecule has 16 heteroatoms. The van der Waals surface area contributed by atoms with Crippen LogP contribution in [-0.4, -0.2) is 89.8 Å². The van der Waals surface area contributed by atoms with Crippen LogP contribution in [0.3, 0.4) is 0 Å². The Morgan fingerprint density at radius 1 is 0.862 bits per heavy atom. The summed E-state index contributed by atoms with van der Waals surface area (Å²) in [5.74, 6) is -9.77. The summed E-state index contributed by atoms with van der Waals surface area (Å²) in [7, 11) is 2.89. The van der Waals surface area contributed by atoms with Crippen LogP contribution >= 0.6 is 0 Å². The molecule has 9 unspecified atom stereocenters. The number of nitrogens with one attached hydrogen (secondary N) is 2. The zero-order chi connectivity index (χ0) is 48.5. The Morgan fingerprint density at radius 2 is 1.51 bits per heavy atom. The summed E-state index contributed by atoms with van der Waals surface area (Å²) < 4.78 is 35.1. The van der Waals surface area contributed by atoms with Gasteiger partial charge in [-0.05, 0) is 65.0 Å². The zero-order valence-electron chi connectivity index (χ0n) is 39.1. The van der Waals surface area contributed by atoms with Crippen LogP contribution in [0.5, 0.6) is 17.2 Å². The first-order valence-electron chi connectivity index (χ1n) is 21.4. The second-order valence-corrected chi connectivity index (χ2v) is 18.0. The van der Waals surface area contributed by atoms with Gasteiger partial charge in [0.2, 0.25) is 11.6 Å². The molecule has 9 atom stereocenters. The number of ketones is 3. The molecular formula is C49H60N2O14. The second kappa shape index (κ2) is 19.6. The topological polar surface area (TPSA) is 222 Å². The van der Waals surface area contributed by atoms with Gasteiger partial charge >= 0.3 is 17.7 Å². The van der Waals surface area contributed by atoms with Gasteiger partial charge in [0.25, 0.3) is 11.7 Å². The standard InChI is InChI=1S/C49H60N2O14/c1-23-15-14-16-24(2)46(58)51-37-36(50-30-17-19-31(60-12)20-18-30)40(55)33-34(41(37)56)43(64-47(59)48(8,9)10)28(6)44-35(33)45(57)49(11,65-44)62-22-21-32(61-13)25(3)42(63-29(7)52)27(5)39(54)26(4)38(23)53/h14-23,25-27,32,38-39,42,50,53-54H,1-13H3,(H,51,58)/b15-14+,22-21+,24-16-. The Bertz CT molecular complexity index is 2370. The van der Waals surface area contributed by atoms with Crippen molar-refractivity contribution < 1.29 is 67.4 Å². The number of methoxy groups -OCH3 is 2. The number of carbonyl (C=O) groups is 6. The number of amides is 1. The van der Waals surface area contributed by atoms with Gasteiger partial charge in [0.05, 0.1) is 53.8 Å². The first-order valence-corrected chi connectivity index (χ1v) is 21.4.